The van der Waals surface area contributed by atoms with E-state index >= 15 is 0 Å². The summed E-state index contributed by atoms with van der Waals surface area (Å²) in [5.74, 6) is 0.692. The summed E-state index contributed by atoms with van der Waals surface area (Å²) in [6.45, 7) is 10.4. The summed E-state index contributed by atoms with van der Waals surface area (Å²) in [4.78, 5) is 19.2. The predicted molar refractivity (Wildman–Crippen MR) is 80.2 cm³/mol. The molecule has 0 atom stereocenters. The third-order valence-electron chi connectivity index (χ3n) is 3.11. The molecule has 7 heteroatoms. The quantitative estimate of drug-likeness (QED) is 0.589. The molecule has 0 aliphatic carbocycles. The van der Waals surface area contributed by atoms with Gasteiger partial charge in [-0.3, -0.25) is 10.1 Å². The van der Waals surface area contributed by atoms with Gasteiger partial charge in [0.05, 0.1) is 4.92 Å². The van der Waals surface area contributed by atoms with Crippen LogP contribution in [0.1, 0.15) is 46.2 Å². The summed E-state index contributed by atoms with van der Waals surface area (Å²) in [5.41, 5.74) is 0.0275. The first-order valence-corrected chi connectivity index (χ1v) is 6.85. The Morgan fingerprint density at radius 3 is 2.45 bits per heavy atom. The van der Waals surface area contributed by atoms with Crippen LogP contribution in [0.4, 0.5) is 17.5 Å². The molecule has 0 aliphatic rings. The van der Waals surface area contributed by atoms with Crippen LogP contribution < -0.4 is 10.6 Å². The van der Waals surface area contributed by atoms with Gasteiger partial charge in [0, 0.05) is 12.1 Å². The maximum atomic E-state index is 11.2. The molecule has 2 N–H and O–H groups in total. The first-order chi connectivity index (χ1) is 9.30. The number of aromatic nitrogens is 2. The lowest BCUT2D eigenvalue weighted by Crippen LogP contribution is -2.31. The number of hydrogen-bond acceptors (Lipinski definition) is 6. The van der Waals surface area contributed by atoms with Crippen molar-refractivity contribution in [3.05, 3.63) is 15.8 Å². The van der Waals surface area contributed by atoms with Crippen molar-refractivity contribution < 1.29 is 4.92 Å². The van der Waals surface area contributed by atoms with E-state index in [2.05, 4.69) is 20.6 Å². The second-order valence-corrected chi connectivity index (χ2v) is 5.38. The van der Waals surface area contributed by atoms with Gasteiger partial charge in [-0.25, -0.2) is 4.98 Å². The third kappa shape index (κ3) is 4.04. The predicted octanol–water partition coefficient (Wildman–Crippen LogP) is 3.12. The number of aryl methyl sites for hydroxylation is 1. The summed E-state index contributed by atoms with van der Waals surface area (Å²) >= 11 is 0. The molecule has 0 fully saturated rings. The van der Waals surface area contributed by atoms with E-state index < -0.39 is 4.92 Å². The van der Waals surface area contributed by atoms with Crippen LogP contribution in [0, 0.1) is 17.0 Å². The largest absolute Gasteiger partial charge is 0.359 e. The number of anilines is 2. The van der Waals surface area contributed by atoms with Gasteiger partial charge in [0.1, 0.15) is 5.69 Å². The summed E-state index contributed by atoms with van der Waals surface area (Å²) < 4.78 is 0. The Balaban J connectivity index is 3.21. The zero-order valence-corrected chi connectivity index (χ0v) is 12.8. The molecule has 7 nitrogen and oxygen atoms in total. The Bertz CT molecular complexity index is 488. The molecular formula is C13H23N5O2. The molecule has 0 saturated heterocycles. The summed E-state index contributed by atoms with van der Waals surface area (Å²) in [6, 6.07) is 0. The Morgan fingerprint density at radius 2 is 1.95 bits per heavy atom. The normalized spacial score (nSPS) is 11.2. The fourth-order valence-corrected chi connectivity index (χ4v) is 1.60. The highest BCUT2D eigenvalue weighted by Crippen LogP contribution is 2.29. The lowest BCUT2D eigenvalue weighted by atomic mass is 10.0. The fraction of sp³-hybridized carbons (Fsp3) is 0.692. The van der Waals surface area contributed by atoms with Crippen LogP contribution >= 0.6 is 0 Å². The van der Waals surface area contributed by atoms with Crippen LogP contribution in [-0.2, 0) is 0 Å². The second kappa shape index (κ2) is 6.49. The van der Waals surface area contributed by atoms with Crippen LogP contribution in [0.3, 0.4) is 0 Å². The molecule has 1 heterocycles. The van der Waals surface area contributed by atoms with Crippen LogP contribution in [0.5, 0.6) is 0 Å². The van der Waals surface area contributed by atoms with Crippen LogP contribution in [0.25, 0.3) is 0 Å². The minimum absolute atomic E-state index is 0.0615. The van der Waals surface area contributed by atoms with Gasteiger partial charge in [-0.15, -0.1) is 0 Å². The van der Waals surface area contributed by atoms with Crippen molar-refractivity contribution in [2.45, 2.75) is 53.0 Å². The van der Waals surface area contributed by atoms with E-state index in [0.29, 0.717) is 11.6 Å². The average molecular weight is 281 g/mol. The van der Waals surface area contributed by atoms with Gasteiger partial charge >= 0.3 is 5.69 Å². The zero-order chi connectivity index (χ0) is 15.3. The summed E-state index contributed by atoms with van der Waals surface area (Å²) in [7, 11) is 0. The lowest BCUT2D eigenvalue weighted by Gasteiger charge is -2.25. The van der Waals surface area contributed by atoms with E-state index in [1.807, 2.05) is 27.7 Å². The van der Waals surface area contributed by atoms with Crippen molar-refractivity contribution in [1.29, 1.82) is 0 Å². The number of nitrogens with zero attached hydrogens (tertiary/aromatic N) is 3. The van der Waals surface area contributed by atoms with E-state index in [1.54, 1.807) is 6.92 Å². The summed E-state index contributed by atoms with van der Waals surface area (Å²) in [5, 5.41) is 17.4. The highest BCUT2D eigenvalue weighted by molar-refractivity contribution is 5.61. The molecule has 0 bridgehead atoms. The fourth-order valence-electron chi connectivity index (χ4n) is 1.60. The standard InChI is InChI=1S/C13H23N5O2/c1-6-8-14-12-15-9(3)10(18(19)20)11(16-12)17-13(4,5)7-2/h6-8H2,1-5H3,(H2,14,15,16,17). The molecule has 112 valence electrons. The van der Waals surface area contributed by atoms with Gasteiger partial charge < -0.3 is 10.6 Å². The first-order valence-electron chi connectivity index (χ1n) is 6.85. The Labute approximate surface area is 119 Å². The van der Waals surface area contributed by atoms with E-state index in [9.17, 15) is 10.1 Å². The lowest BCUT2D eigenvalue weighted by molar-refractivity contribution is -0.385. The molecule has 1 aromatic rings. The van der Waals surface area contributed by atoms with Crippen molar-refractivity contribution in [3.63, 3.8) is 0 Å². The van der Waals surface area contributed by atoms with Crippen molar-refractivity contribution in [1.82, 2.24) is 9.97 Å². The van der Waals surface area contributed by atoms with E-state index in [-0.39, 0.29) is 17.0 Å². The average Bonchev–Trinajstić information content (AvgIpc) is 2.34. The molecule has 0 spiro atoms. The molecule has 0 radical (unpaired) electrons. The van der Waals surface area contributed by atoms with Gasteiger partial charge in [0.2, 0.25) is 11.8 Å². The van der Waals surface area contributed by atoms with Crippen molar-refractivity contribution in [2.75, 3.05) is 17.2 Å². The molecule has 0 aromatic carbocycles. The third-order valence-corrected chi connectivity index (χ3v) is 3.11. The van der Waals surface area contributed by atoms with Gasteiger partial charge in [-0.2, -0.15) is 4.98 Å². The summed E-state index contributed by atoms with van der Waals surface area (Å²) in [6.07, 6.45) is 1.76. The number of hydrogen-bond donors (Lipinski definition) is 2. The topological polar surface area (TPSA) is 93.0 Å². The minimum atomic E-state index is -0.437. The molecule has 20 heavy (non-hydrogen) atoms. The zero-order valence-electron chi connectivity index (χ0n) is 12.8. The van der Waals surface area contributed by atoms with Crippen LogP contribution in [-0.4, -0.2) is 27.0 Å². The van der Waals surface area contributed by atoms with Crippen LogP contribution in [0.15, 0.2) is 0 Å². The van der Waals surface area contributed by atoms with Crippen molar-refractivity contribution in [3.8, 4) is 0 Å². The maximum absolute atomic E-state index is 11.2. The SMILES string of the molecule is CCCNc1nc(C)c([N+](=O)[O-])c(NC(C)(C)CC)n1. The minimum Gasteiger partial charge on any atom is -0.359 e. The Kier molecular flexibility index (Phi) is 5.24. The molecular weight excluding hydrogens is 258 g/mol. The van der Waals surface area contributed by atoms with Gasteiger partial charge in [0.15, 0.2) is 0 Å². The van der Waals surface area contributed by atoms with Crippen molar-refractivity contribution in [2.24, 2.45) is 0 Å². The van der Waals surface area contributed by atoms with Crippen LogP contribution in [0.2, 0.25) is 0 Å². The molecule has 0 aliphatic heterocycles. The monoisotopic (exact) mass is 281 g/mol. The second-order valence-electron chi connectivity index (χ2n) is 5.38. The molecule has 0 unspecified atom stereocenters. The number of nitro groups is 1. The highest BCUT2D eigenvalue weighted by atomic mass is 16.6. The first kappa shape index (κ1) is 16.1. The van der Waals surface area contributed by atoms with Crippen molar-refractivity contribution >= 4 is 17.5 Å². The Morgan fingerprint density at radius 1 is 1.30 bits per heavy atom. The molecule has 1 aromatic heterocycles. The molecule has 0 amide bonds. The molecule has 0 saturated carbocycles. The van der Waals surface area contributed by atoms with Gasteiger partial charge in [0.25, 0.3) is 0 Å². The van der Waals surface area contributed by atoms with E-state index in [1.165, 1.54) is 0 Å². The number of rotatable bonds is 7. The van der Waals surface area contributed by atoms with E-state index in [0.717, 1.165) is 19.4 Å². The smallest absolute Gasteiger partial charge is 0.332 e. The van der Waals surface area contributed by atoms with Gasteiger partial charge in [-0.05, 0) is 33.6 Å². The van der Waals surface area contributed by atoms with Gasteiger partial charge in [-0.1, -0.05) is 13.8 Å². The number of nitrogens with one attached hydrogen (secondary N) is 2. The Hall–Kier alpha value is -1.92. The van der Waals surface area contributed by atoms with E-state index in [4.69, 9.17) is 0 Å². The molecule has 1 rings (SSSR count). The highest BCUT2D eigenvalue weighted by Gasteiger charge is 2.26. The maximum Gasteiger partial charge on any atom is 0.332 e.